The average Bonchev–Trinajstić information content (AvgIpc) is 2.46. The Morgan fingerprint density at radius 3 is 1.86 bits per heavy atom. The van der Waals surface area contributed by atoms with E-state index < -0.39 is 6.16 Å². The smallest absolute Gasteiger partial charge is 0.449 e. The third kappa shape index (κ3) is 4.75. The Hall–Kier alpha value is -1.51. The first kappa shape index (κ1) is 18.5. The van der Waals surface area contributed by atoms with Gasteiger partial charge >= 0.3 is 6.16 Å². The zero-order valence-electron chi connectivity index (χ0n) is 14.5. The first-order valence-corrected chi connectivity index (χ1v) is 8.66. The van der Waals surface area contributed by atoms with E-state index in [0.717, 1.165) is 56.9 Å². The molecular weight excluding hydrogens is 276 g/mol. The lowest BCUT2D eigenvalue weighted by atomic mass is 9.86. The van der Waals surface area contributed by atoms with E-state index in [-0.39, 0.29) is 0 Å². The average molecular weight is 306 g/mol. The van der Waals surface area contributed by atoms with Crippen LogP contribution in [0.3, 0.4) is 0 Å². The van der Waals surface area contributed by atoms with Gasteiger partial charge in [-0.1, -0.05) is 53.4 Å². The lowest BCUT2D eigenvalue weighted by Crippen LogP contribution is -2.11. The minimum Gasteiger partial charge on any atom is -0.449 e. The fourth-order valence-corrected chi connectivity index (χ4v) is 3.17. The Kier molecular flexibility index (Phi) is 8.00. The van der Waals surface area contributed by atoms with Crippen molar-refractivity contribution in [2.75, 3.05) is 0 Å². The van der Waals surface area contributed by atoms with E-state index >= 15 is 0 Å². The Balaban J connectivity index is 3.51. The molecule has 0 aliphatic carbocycles. The monoisotopic (exact) mass is 306 g/mol. The van der Waals surface area contributed by atoms with Crippen molar-refractivity contribution in [3.05, 3.63) is 28.3 Å². The van der Waals surface area contributed by atoms with Crippen molar-refractivity contribution in [1.29, 1.82) is 0 Å². The summed E-state index contributed by atoms with van der Waals surface area (Å²) >= 11 is 0. The Labute approximate surface area is 134 Å². The second-order valence-corrected chi connectivity index (χ2v) is 5.84. The largest absolute Gasteiger partial charge is 0.511 e. The molecule has 1 rings (SSSR count). The first-order chi connectivity index (χ1) is 10.6. The van der Waals surface area contributed by atoms with E-state index in [1.807, 2.05) is 6.07 Å². The molecule has 124 valence electrons. The van der Waals surface area contributed by atoms with Gasteiger partial charge in [0.15, 0.2) is 0 Å². The van der Waals surface area contributed by atoms with Crippen molar-refractivity contribution in [3.8, 4) is 5.75 Å². The minimum absolute atomic E-state index is 0.557. The summed E-state index contributed by atoms with van der Waals surface area (Å²) in [5.41, 5.74) is 5.15. The Morgan fingerprint density at radius 2 is 1.36 bits per heavy atom. The summed E-state index contributed by atoms with van der Waals surface area (Å²) in [6.45, 7) is 8.66. The number of benzene rings is 1. The van der Waals surface area contributed by atoms with Gasteiger partial charge < -0.3 is 9.84 Å². The summed E-state index contributed by atoms with van der Waals surface area (Å²) in [6, 6.07) is 1.98. The van der Waals surface area contributed by atoms with Crippen molar-refractivity contribution >= 4 is 6.16 Å². The van der Waals surface area contributed by atoms with E-state index in [1.165, 1.54) is 16.7 Å². The number of aryl methyl sites for hydroxylation is 1. The molecule has 22 heavy (non-hydrogen) atoms. The summed E-state index contributed by atoms with van der Waals surface area (Å²) in [6.07, 6.45) is 6.93. The maximum absolute atomic E-state index is 11.1. The third-order valence-corrected chi connectivity index (χ3v) is 3.94. The third-order valence-electron chi connectivity index (χ3n) is 3.94. The molecule has 1 aromatic carbocycles. The van der Waals surface area contributed by atoms with Gasteiger partial charge in [0, 0.05) is 0 Å². The highest BCUT2D eigenvalue weighted by atomic mass is 16.7. The molecule has 1 aromatic rings. The van der Waals surface area contributed by atoms with E-state index in [1.54, 1.807) is 0 Å². The summed E-state index contributed by atoms with van der Waals surface area (Å²) in [7, 11) is 0. The van der Waals surface area contributed by atoms with Crippen LogP contribution in [-0.4, -0.2) is 11.3 Å². The van der Waals surface area contributed by atoms with Gasteiger partial charge in [0.25, 0.3) is 0 Å². The molecule has 0 aromatic heterocycles. The maximum atomic E-state index is 11.1. The van der Waals surface area contributed by atoms with Crippen LogP contribution in [0.5, 0.6) is 5.75 Å². The minimum atomic E-state index is -1.22. The molecule has 0 aliphatic rings. The van der Waals surface area contributed by atoms with Crippen LogP contribution in [0.2, 0.25) is 0 Å². The van der Waals surface area contributed by atoms with Gasteiger partial charge in [-0.25, -0.2) is 4.79 Å². The summed E-state index contributed by atoms with van der Waals surface area (Å²) in [5.74, 6) is 0.557. The molecule has 3 nitrogen and oxygen atoms in total. The molecule has 0 heterocycles. The quantitative estimate of drug-likeness (QED) is 0.480. The fourth-order valence-electron chi connectivity index (χ4n) is 3.17. The van der Waals surface area contributed by atoms with E-state index in [0.29, 0.717) is 5.75 Å². The van der Waals surface area contributed by atoms with E-state index in [4.69, 9.17) is 9.84 Å². The van der Waals surface area contributed by atoms with Crippen molar-refractivity contribution in [2.45, 2.75) is 79.1 Å². The SMILES string of the molecule is CCCc1cc(OC(=O)O)c(CCC)c(CCC)c1CCC. The molecule has 0 bridgehead atoms. The first-order valence-electron chi connectivity index (χ1n) is 8.66. The molecule has 0 amide bonds. The topological polar surface area (TPSA) is 46.5 Å². The van der Waals surface area contributed by atoms with Gasteiger partial charge in [0.1, 0.15) is 5.75 Å². The van der Waals surface area contributed by atoms with Crippen LogP contribution in [0.1, 0.15) is 75.6 Å². The summed E-state index contributed by atoms with van der Waals surface area (Å²) < 4.78 is 5.12. The van der Waals surface area contributed by atoms with Crippen LogP contribution < -0.4 is 4.74 Å². The number of hydrogen-bond acceptors (Lipinski definition) is 2. The molecule has 0 spiro atoms. The highest BCUT2D eigenvalue weighted by Crippen LogP contribution is 2.33. The van der Waals surface area contributed by atoms with Gasteiger partial charge in [-0.3, -0.25) is 0 Å². The van der Waals surface area contributed by atoms with Crippen LogP contribution in [0.25, 0.3) is 0 Å². The van der Waals surface area contributed by atoms with Gasteiger partial charge in [0.05, 0.1) is 0 Å². The second-order valence-electron chi connectivity index (χ2n) is 5.84. The summed E-state index contributed by atoms with van der Waals surface area (Å²) in [5, 5.41) is 9.05. The molecule has 0 saturated carbocycles. The predicted molar refractivity (Wildman–Crippen MR) is 91.1 cm³/mol. The van der Waals surface area contributed by atoms with Crippen molar-refractivity contribution < 1.29 is 14.6 Å². The molecule has 0 fully saturated rings. The van der Waals surface area contributed by atoms with Gasteiger partial charge in [-0.15, -0.1) is 0 Å². The maximum Gasteiger partial charge on any atom is 0.511 e. The van der Waals surface area contributed by atoms with Crippen molar-refractivity contribution in [1.82, 2.24) is 0 Å². The van der Waals surface area contributed by atoms with Crippen molar-refractivity contribution in [3.63, 3.8) is 0 Å². The summed E-state index contributed by atoms with van der Waals surface area (Å²) in [4.78, 5) is 11.1. The zero-order valence-corrected chi connectivity index (χ0v) is 14.5. The molecule has 0 aliphatic heterocycles. The molecule has 1 N–H and O–H groups in total. The van der Waals surface area contributed by atoms with Crippen LogP contribution in [-0.2, 0) is 25.7 Å². The van der Waals surface area contributed by atoms with E-state index in [9.17, 15) is 4.79 Å². The van der Waals surface area contributed by atoms with Crippen LogP contribution in [0.15, 0.2) is 6.07 Å². The van der Waals surface area contributed by atoms with Gasteiger partial charge in [0.2, 0.25) is 0 Å². The molecule has 0 radical (unpaired) electrons. The number of rotatable bonds is 9. The zero-order chi connectivity index (χ0) is 16.5. The van der Waals surface area contributed by atoms with Crippen LogP contribution in [0.4, 0.5) is 4.79 Å². The Morgan fingerprint density at radius 1 is 0.864 bits per heavy atom. The number of carbonyl (C=O) groups is 1. The number of ether oxygens (including phenoxy) is 1. The standard InChI is InChI=1S/C19H30O3/c1-5-9-14-13-18(22-19(20)21)17(12-8-4)16(11-7-3)15(14)10-6-2/h13H,5-12H2,1-4H3,(H,20,21). The van der Waals surface area contributed by atoms with Crippen molar-refractivity contribution in [2.24, 2.45) is 0 Å². The van der Waals surface area contributed by atoms with Gasteiger partial charge in [-0.05, 0) is 54.0 Å². The van der Waals surface area contributed by atoms with Crippen LogP contribution in [0, 0.1) is 0 Å². The molecule has 0 unspecified atom stereocenters. The number of hydrogen-bond donors (Lipinski definition) is 1. The highest BCUT2D eigenvalue weighted by Gasteiger charge is 2.18. The van der Waals surface area contributed by atoms with Gasteiger partial charge in [-0.2, -0.15) is 0 Å². The molecule has 0 saturated heterocycles. The Bertz CT molecular complexity index is 492. The highest BCUT2D eigenvalue weighted by molar-refractivity contribution is 5.64. The predicted octanol–water partition coefficient (Wildman–Crippen LogP) is 5.55. The van der Waals surface area contributed by atoms with E-state index in [2.05, 4.69) is 27.7 Å². The lowest BCUT2D eigenvalue weighted by Gasteiger charge is -2.21. The lowest BCUT2D eigenvalue weighted by molar-refractivity contribution is 0.144. The molecule has 3 heteroatoms. The van der Waals surface area contributed by atoms with Crippen LogP contribution >= 0.6 is 0 Å². The number of carboxylic acid groups (broad SMARTS) is 1. The fraction of sp³-hybridized carbons (Fsp3) is 0.632. The second kappa shape index (κ2) is 9.50. The molecular formula is C19H30O3. The normalized spacial score (nSPS) is 10.7. The molecule has 0 atom stereocenters.